The fraction of sp³-hybridized carbons (Fsp3) is 0.0476. The van der Waals surface area contributed by atoms with E-state index >= 15 is 0 Å². The van der Waals surface area contributed by atoms with E-state index in [4.69, 9.17) is 4.74 Å². The number of ether oxygens (including phenoxy) is 1. The van der Waals surface area contributed by atoms with Gasteiger partial charge in [-0.15, -0.1) is 11.3 Å². The Morgan fingerprint density at radius 2 is 1.81 bits per heavy atom. The molecule has 4 aromatic rings. The maximum atomic E-state index is 13.0. The van der Waals surface area contributed by atoms with Crippen LogP contribution in [0.15, 0.2) is 72.1 Å². The van der Waals surface area contributed by atoms with E-state index in [9.17, 15) is 9.18 Å². The van der Waals surface area contributed by atoms with Gasteiger partial charge in [0.2, 0.25) is 0 Å². The molecule has 0 saturated carbocycles. The molecule has 1 N–H and O–H groups in total. The monoisotopic (exact) mass is 378 g/mol. The van der Waals surface area contributed by atoms with Gasteiger partial charge in [-0.2, -0.15) is 0 Å². The SMILES string of the molecule is O=C(COc1ccc2ccccc2c1)Nc1nc(-c2ccc(F)cc2)cs1. The summed E-state index contributed by atoms with van der Waals surface area (Å²) in [5, 5.41) is 7.18. The Hall–Kier alpha value is -3.25. The van der Waals surface area contributed by atoms with E-state index in [1.165, 1.54) is 23.5 Å². The molecule has 0 aliphatic heterocycles. The topological polar surface area (TPSA) is 51.2 Å². The zero-order chi connectivity index (χ0) is 18.6. The van der Waals surface area contributed by atoms with Crippen molar-refractivity contribution in [2.24, 2.45) is 0 Å². The molecule has 1 heterocycles. The van der Waals surface area contributed by atoms with Crippen LogP contribution in [0.2, 0.25) is 0 Å². The predicted octanol–water partition coefficient (Wildman–Crippen LogP) is 5.12. The fourth-order valence-electron chi connectivity index (χ4n) is 2.65. The Labute approximate surface area is 159 Å². The van der Waals surface area contributed by atoms with Crippen molar-refractivity contribution in [1.82, 2.24) is 4.98 Å². The number of nitrogens with one attached hydrogen (secondary N) is 1. The smallest absolute Gasteiger partial charge is 0.264 e. The van der Waals surface area contributed by atoms with Crippen LogP contribution in [0.3, 0.4) is 0 Å². The minimum Gasteiger partial charge on any atom is -0.484 e. The Morgan fingerprint density at radius 3 is 2.63 bits per heavy atom. The summed E-state index contributed by atoms with van der Waals surface area (Å²) in [6, 6.07) is 19.7. The van der Waals surface area contributed by atoms with E-state index in [-0.39, 0.29) is 18.3 Å². The first-order valence-corrected chi connectivity index (χ1v) is 9.18. The molecule has 0 aliphatic carbocycles. The highest BCUT2D eigenvalue weighted by molar-refractivity contribution is 7.14. The molecule has 0 unspecified atom stereocenters. The van der Waals surface area contributed by atoms with Gasteiger partial charge in [-0.05, 0) is 47.2 Å². The second kappa shape index (κ2) is 7.55. The Morgan fingerprint density at radius 1 is 1.04 bits per heavy atom. The maximum absolute atomic E-state index is 13.0. The summed E-state index contributed by atoms with van der Waals surface area (Å²) in [6.07, 6.45) is 0. The van der Waals surface area contributed by atoms with Crippen LogP contribution in [0.1, 0.15) is 0 Å². The van der Waals surface area contributed by atoms with E-state index in [1.807, 2.05) is 47.8 Å². The van der Waals surface area contributed by atoms with Crippen LogP contribution >= 0.6 is 11.3 Å². The van der Waals surface area contributed by atoms with Crippen LogP contribution < -0.4 is 10.1 Å². The second-order valence-electron chi connectivity index (χ2n) is 5.89. The normalized spacial score (nSPS) is 10.7. The second-order valence-corrected chi connectivity index (χ2v) is 6.75. The van der Waals surface area contributed by atoms with Crippen LogP contribution in [0.5, 0.6) is 5.75 Å². The van der Waals surface area contributed by atoms with Crippen molar-refractivity contribution in [1.29, 1.82) is 0 Å². The number of anilines is 1. The molecule has 6 heteroatoms. The van der Waals surface area contributed by atoms with Gasteiger partial charge in [-0.25, -0.2) is 9.37 Å². The summed E-state index contributed by atoms with van der Waals surface area (Å²) in [6.45, 7) is -0.107. The van der Waals surface area contributed by atoms with Gasteiger partial charge in [0.15, 0.2) is 11.7 Å². The summed E-state index contributed by atoms with van der Waals surface area (Å²) in [7, 11) is 0. The van der Waals surface area contributed by atoms with Crippen molar-refractivity contribution < 1.29 is 13.9 Å². The lowest BCUT2D eigenvalue weighted by molar-refractivity contribution is -0.118. The van der Waals surface area contributed by atoms with Crippen molar-refractivity contribution in [2.75, 3.05) is 11.9 Å². The molecule has 0 spiro atoms. The number of halogens is 1. The molecular weight excluding hydrogens is 363 g/mol. The number of fused-ring (bicyclic) bond motifs is 1. The van der Waals surface area contributed by atoms with Crippen LogP contribution in [0.25, 0.3) is 22.0 Å². The molecule has 0 saturated heterocycles. The molecule has 0 fully saturated rings. The summed E-state index contributed by atoms with van der Waals surface area (Å²) in [4.78, 5) is 16.5. The molecular formula is C21H15FN2O2S. The van der Waals surface area contributed by atoms with Gasteiger partial charge in [0.1, 0.15) is 11.6 Å². The molecule has 4 nitrogen and oxygen atoms in total. The third-order valence-corrected chi connectivity index (χ3v) is 4.74. The lowest BCUT2D eigenvalue weighted by atomic mass is 10.1. The summed E-state index contributed by atoms with van der Waals surface area (Å²) in [5.74, 6) is 0.0477. The number of thiazole rings is 1. The number of aromatic nitrogens is 1. The fourth-order valence-corrected chi connectivity index (χ4v) is 3.38. The standard InChI is InChI=1S/C21H15FN2O2S/c22-17-8-5-15(6-9-17)19-13-27-21(23-19)24-20(25)12-26-18-10-7-14-3-1-2-4-16(14)11-18/h1-11,13H,12H2,(H,23,24,25). The number of carbonyl (C=O) groups is 1. The molecule has 3 aromatic carbocycles. The third kappa shape index (κ3) is 4.12. The van der Waals surface area contributed by atoms with Crippen LogP contribution in [0.4, 0.5) is 9.52 Å². The highest BCUT2D eigenvalue weighted by Crippen LogP contribution is 2.25. The zero-order valence-corrected chi connectivity index (χ0v) is 15.0. The first-order valence-electron chi connectivity index (χ1n) is 8.30. The molecule has 0 atom stereocenters. The van der Waals surface area contributed by atoms with Crippen LogP contribution in [0, 0.1) is 5.82 Å². The lowest BCUT2D eigenvalue weighted by Crippen LogP contribution is -2.20. The van der Waals surface area contributed by atoms with Crippen molar-refractivity contribution in [2.45, 2.75) is 0 Å². The number of benzene rings is 3. The number of amides is 1. The number of nitrogens with zero attached hydrogens (tertiary/aromatic N) is 1. The summed E-state index contributed by atoms with van der Waals surface area (Å²) < 4.78 is 18.6. The molecule has 1 amide bonds. The van der Waals surface area contributed by atoms with Gasteiger partial charge in [0.05, 0.1) is 5.69 Å². The zero-order valence-electron chi connectivity index (χ0n) is 14.2. The van der Waals surface area contributed by atoms with Crippen LogP contribution in [-0.4, -0.2) is 17.5 Å². The molecule has 134 valence electrons. The van der Waals surface area contributed by atoms with E-state index in [2.05, 4.69) is 10.3 Å². The lowest BCUT2D eigenvalue weighted by Gasteiger charge is -2.07. The van der Waals surface area contributed by atoms with Crippen molar-refractivity contribution in [3.05, 3.63) is 77.9 Å². The minimum absolute atomic E-state index is 0.107. The highest BCUT2D eigenvalue weighted by Gasteiger charge is 2.09. The van der Waals surface area contributed by atoms with Gasteiger partial charge in [-0.3, -0.25) is 10.1 Å². The molecule has 27 heavy (non-hydrogen) atoms. The third-order valence-electron chi connectivity index (χ3n) is 3.98. The van der Waals surface area contributed by atoms with E-state index < -0.39 is 0 Å². The quantitative estimate of drug-likeness (QED) is 0.524. The summed E-state index contributed by atoms with van der Waals surface area (Å²) >= 11 is 1.31. The van der Waals surface area contributed by atoms with Gasteiger partial charge in [0, 0.05) is 10.9 Å². The molecule has 1 aromatic heterocycles. The first kappa shape index (κ1) is 17.2. The Bertz CT molecular complexity index is 1090. The largest absolute Gasteiger partial charge is 0.484 e. The van der Waals surface area contributed by atoms with Crippen molar-refractivity contribution >= 4 is 33.1 Å². The average Bonchev–Trinajstić information content (AvgIpc) is 3.15. The minimum atomic E-state index is -0.298. The predicted molar refractivity (Wildman–Crippen MR) is 106 cm³/mol. The van der Waals surface area contributed by atoms with Gasteiger partial charge < -0.3 is 4.74 Å². The first-order chi connectivity index (χ1) is 13.2. The van der Waals surface area contributed by atoms with Gasteiger partial charge in [-0.1, -0.05) is 30.3 Å². The van der Waals surface area contributed by atoms with E-state index in [0.717, 1.165) is 16.3 Å². The Kier molecular flexibility index (Phi) is 4.80. The van der Waals surface area contributed by atoms with Gasteiger partial charge in [0.25, 0.3) is 5.91 Å². The Balaban J connectivity index is 1.37. The number of rotatable bonds is 5. The number of carbonyl (C=O) groups excluding carboxylic acids is 1. The van der Waals surface area contributed by atoms with Gasteiger partial charge >= 0.3 is 0 Å². The molecule has 0 aliphatic rings. The maximum Gasteiger partial charge on any atom is 0.264 e. The van der Waals surface area contributed by atoms with Crippen LogP contribution in [-0.2, 0) is 4.79 Å². The molecule has 4 rings (SSSR count). The average molecular weight is 378 g/mol. The van der Waals surface area contributed by atoms with E-state index in [0.29, 0.717) is 16.6 Å². The van der Waals surface area contributed by atoms with Crippen molar-refractivity contribution in [3.63, 3.8) is 0 Å². The molecule has 0 radical (unpaired) electrons. The number of hydrogen-bond donors (Lipinski definition) is 1. The summed E-state index contributed by atoms with van der Waals surface area (Å²) in [5.41, 5.74) is 1.48. The van der Waals surface area contributed by atoms with E-state index in [1.54, 1.807) is 12.1 Å². The molecule has 0 bridgehead atoms. The van der Waals surface area contributed by atoms with Crippen molar-refractivity contribution in [3.8, 4) is 17.0 Å². The number of hydrogen-bond acceptors (Lipinski definition) is 4. The highest BCUT2D eigenvalue weighted by atomic mass is 32.1.